The maximum Gasteiger partial charge on any atom is 0.253 e. The fraction of sp³-hybridized carbons (Fsp3) is 0.400. The Bertz CT molecular complexity index is 821. The highest BCUT2D eigenvalue weighted by molar-refractivity contribution is 5.94. The topological polar surface area (TPSA) is 101 Å². The smallest absolute Gasteiger partial charge is 0.253 e. The Morgan fingerprint density at radius 1 is 1.38 bits per heavy atom. The summed E-state index contributed by atoms with van der Waals surface area (Å²) in [4.78, 5) is 15.9. The lowest BCUT2D eigenvalue weighted by Crippen LogP contribution is -2.27. The molecule has 1 fully saturated rings. The number of halogens is 2. The molecule has 1 aromatic carbocycles. The van der Waals surface area contributed by atoms with E-state index in [4.69, 9.17) is 9.84 Å². The van der Waals surface area contributed by atoms with Crippen molar-refractivity contribution in [3.63, 3.8) is 0 Å². The van der Waals surface area contributed by atoms with Crippen molar-refractivity contribution in [1.82, 2.24) is 4.98 Å². The van der Waals surface area contributed by atoms with Gasteiger partial charge in [0.25, 0.3) is 5.91 Å². The monoisotopic (exact) mass is 410 g/mol. The van der Waals surface area contributed by atoms with Crippen LogP contribution < -0.4 is 10.1 Å². The van der Waals surface area contributed by atoms with E-state index < -0.39 is 30.4 Å². The Labute approximate surface area is 167 Å². The third-order valence-electron chi connectivity index (χ3n) is 4.22. The molecule has 3 atom stereocenters. The number of ether oxygens (including phenoxy) is 2. The molecule has 2 unspecified atom stereocenters. The summed E-state index contributed by atoms with van der Waals surface area (Å²) in [5.41, 5.74) is 0.853. The predicted molar refractivity (Wildman–Crippen MR) is 101 cm³/mol. The number of pyridine rings is 1. The molecule has 9 heteroatoms. The highest BCUT2D eigenvalue weighted by Gasteiger charge is 2.28. The highest BCUT2D eigenvalue weighted by atomic mass is 19.2. The number of methoxy groups -OCH3 is 1. The minimum absolute atomic E-state index is 0.0694. The molecule has 0 aliphatic carbocycles. The molecule has 3 N–H and O–H groups in total. The average molecular weight is 410 g/mol. The van der Waals surface area contributed by atoms with Gasteiger partial charge in [0, 0.05) is 11.9 Å². The molecule has 0 saturated carbocycles. The SMILES string of the molecule is CC1CC[C@H](C(=O)Nc2ccnc(C(O)CO)c2)O1.COc1cccc(F)c1F. The van der Waals surface area contributed by atoms with Crippen LogP contribution in [0.1, 0.15) is 31.6 Å². The molecule has 2 aromatic rings. The first kappa shape index (κ1) is 22.7. The van der Waals surface area contributed by atoms with Gasteiger partial charge in [0.2, 0.25) is 5.82 Å². The average Bonchev–Trinajstić information content (AvgIpc) is 3.16. The lowest BCUT2D eigenvalue weighted by molar-refractivity contribution is -0.126. The maximum absolute atomic E-state index is 12.5. The van der Waals surface area contributed by atoms with E-state index in [9.17, 15) is 18.7 Å². The van der Waals surface area contributed by atoms with Crippen LogP contribution in [0.4, 0.5) is 14.5 Å². The normalized spacial score (nSPS) is 19.1. The van der Waals surface area contributed by atoms with Gasteiger partial charge >= 0.3 is 0 Å². The van der Waals surface area contributed by atoms with Crippen molar-refractivity contribution in [2.24, 2.45) is 0 Å². The zero-order valence-corrected chi connectivity index (χ0v) is 16.1. The summed E-state index contributed by atoms with van der Waals surface area (Å²) in [5.74, 6) is -2.09. The van der Waals surface area contributed by atoms with Gasteiger partial charge in [-0.25, -0.2) is 4.39 Å². The summed E-state index contributed by atoms with van der Waals surface area (Å²) in [6.07, 6.45) is 1.71. The van der Waals surface area contributed by atoms with E-state index in [1.54, 1.807) is 6.07 Å². The fourth-order valence-electron chi connectivity index (χ4n) is 2.66. The number of aromatic nitrogens is 1. The summed E-state index contributed by atoms with van der Waals surface area (Å²) >= 11 is 0. The first-order valence-corrected chi connectivity index (χ1v) is 9.04. The first-order valence-electron chi connectivity index (χ1n) is 9.04. The Balaban J connectivity index is 0.000000253. The molecule has 0 radical (unpaired) electrons. The Morgan fingerprint density at radius 3 is 2.72 bits per heavy atom. The molecule has 0 spiro atoms. The van der Waals surface area contributed by atoms with E-state index in [0.717, 1.165) is 12.5 Å². The van der Waals surface area contributed by atoms with Crippen LogP contribution in [0.2, 0.25) is 0 Å². The second-order valence-corrected chi connectivity index (χ2v) is 6.43. The van der Waals surface area contributed by atoms with Crippen LogP contribution in [-0.2, 0) is 9.53 Å². The molecule has 2 heterocycles. The van der Waals surface area contributed by atoms with Gasteiger partial charge in [0.15, 0.2) is 11.6 Å². The zero-order chi connectivity index (χ0) is 21.4. The van der Waals surface area contributed by atoms with E-state index in [-0.39, 0.29) is 17.8 Å². The molecule has 1 amide bonds. The largest absolute Gasteiger partial charge is 0.494 e. The van der Waals surface area contributed by atoms with Gasteiger partial charge in [0.1, 0.15) is 12.2 Å². The van der Waals surface area contributed by atoms with Crippen LogP contribution in [0.5, 0.6) is 5.75 Å². The van der Waals surface area contributed by atoms with Crippen molar-refractivity contribution in [3.8, 4) is 5.75 Å². The maximum atomic E-state index is 12.5. The first-order chi connectivity index (χ1) is 13.8. The van der Waals surface area contributed by atoms with Crippen molar-refractivity contribution in [2.75, 3.05) is 19.0 Å². The number of nitrogens with zero attached hydrogens (tertiary/aromatic N) is 1. The number of aliphatic hydroxyl groups is 2. The number of benzene rings is 1. The Morgan fingerprint density at radius 2 is 2.14 bits per heavy atom. The molecule has 7 nitrogen and oxygen atoms in total. The number of hydrogen-bond acceptors (Lipinski definition) is 6. The number of nitrogens with one attached hydrogen (secondary N) is 1. The van der Waals surface area contributed by atoms with Crippen LogP contribution in [0, 0.1) is 11.6 Å². The number of aliphatic hydroxyl groups excluding tert-OH is 2. The lowest BCUT2D eigenvalue weighted by Gasteiger charge is -2.13. The van der Waals surface area contributed by atoms with Gasteiger partial charge in [-0.05, 0) is 44.0 Å². The van der Waals surface area contributed by atoms with Gasteiger partial charge in [0.05, 0.1) is 25.5 Å². The second kappa shape index (κ2) is 10.8. The Hall–Kier alpha value is -2.62. The van der Waals surface area contributed by atoms with E-state index in [0.29, 0.717) is 17.8 Å². The molecule has 1 aromatic heterocycles. The standard InChI is InChI=1S/C13H18N2O4.C7H6F2O/c1-8-2-3-12(19-8)13(18)15-9-4-5-14-10(6-9)11(17)7-16;1-10-6-4-2-3-5(8)7(6)9/h4-6,8,11-12,16-17H,2-3,7H2,1H3,(H,14,15,18);2-4H,1H3/t8?,11?,12-;/m1./s1. The van der Waals surface area contributed by atoms with E-state index in [1.807, 2.05) is 6.92 Å². The predicted octanol–water partition coefficient (Wildman–Crippen LogP) is 2.59. The zero-order valence-electron chi connectivity index (χ0n) is 16.1. The van der Waals surface area contributed by atoms with Crippen LogP contribution in [-0.4, -0.2) is 47.0 Å². The minimum Gasteiger partial charge on any atom is -0.494 e. The summed E-state index contributed by atoms with van der Waals surface area (Å²) in [6.45, 7) is 1.53. The molecular weight excluding hydrogens is 386 g/mol. The van der Waals surface area contributed by atoms with Crippen molar-refractivity contribution in [1.29, 1.82) is 0 Å². The van der Waals surface area contributed by atoms with Crippen LogP contribution in [0.25, 0.3) is 0 Å². The molecule has 0 bridgehead atoms. The van der Waals surface area contributed by atoms with Crippen LogP contribution in [0.15, 0.2) is 36.5 Å². The lowest BCUT2D eigenvalue weighted by atomic mass is 10.2. The molecule has 1 aliphatic rings. The number of amides is 1. The third kappa shape index (κ3) is 6.45. The Kier molecular flexibility index (Phi) is 8.44. The molecule has 29 heavy (non-hydrogen) atoms. The third-order valence-corrected chi connectivity index (χ3v) is 4.22. The van der Waals surface area contributed by atoms with Crippen molar-refractivity contribution >= 4 is 11.6 Å². The van der Waals surface area contributed by atoms with Crippen molar-refractivity contribution in [2.45, 2.75) is 38.1 Å². The summed E-state index contributed by atoms with van der Waals surface area (Å²) in [6, 6.07) is 6.95. The van der Waals surface area contributed by atoms with Gasteiger partial charge < -0.3 is 25.0 Å². The number of hydrogen-bond donors (Lipinski definition) is 3. The molecule has 3 rings (SSSR count). The van der Waals surface area contributed by atoms with Crippen molar-refractivity contribution in [3.05, 3.63) is 53.9 Å². The van der Waals surface area contributed by atoms with Crippen LogP contribution >= 0.6 is 0 Å². The highest BCUT2D eigenvalue weighted by Crippen LogP contribution is 2.21. The summed E-state index contributed by atoms with van der Waals surface area (Å²) < 4.78 is 34.8. The second-order valence-electron chi connectivity index (χ2n) is 6.43. The molecule has 158 valence electrons. The van der Waals surface area contributed by atoms with E-state index >= 15 is 0 Å². The molecule has 1 aliphatic heterocycles. The van der Waals surface area contributed by atoms with Crippen molar-refractivity contribution < 1.29 is 33.3 Å². The van der Waals surface area contributed by atoms with Gasteiger partial charge in [-0.1, -0.05) is 6.07 Å². The minimum atomic E-state index is -1.04. The number of carbonyl (C=O) groups excluding carboxylic acids is 1. The van der Waals surface area contributed by atoms with Crippen LogP contribution in [0.3, 0.4) is 0 Å². The fourth-order valence-corrected chi connectivity index (χ4v) is 2.66. The molecular formula is C20H24F2N2O5. The number of anilines is 1. The summed E-state index contributed by atoms with van der Waals surface area (Å²) in [5, 5.41) is 21.1. The van der Waals surface area contributed by atoms with E-state index in [2.05, 4.69) is 15.0 Å². The quantitative estimate of drug-likeness (QED) is 0.701. The van der Waals surface area contributed by atoms with E-state index in [1.165, 1.54) is 31.5 Å². The van der Waals surface area contributed by atoms with Gasteiger partial charge in [-0.15, -0.1) is 0 Å². The number of rotatable bonds is 5. The van der Waals surface area contributed by atoms with Gasteiger partial charge in [-0.2, -0.15) is 4.39 Å². The summed E-state index contributed by atoms with van der Waals surface area (Å²) in [7, 11) is 1.29. The van der Waals surface area contributed by atoms with Gasteiger partial charge in [-0.3, -0.25) is 9.78 Å². The molecule has 1 saturated heterocycles. The number of carbonyl (C=O) groups is 1.